The molecule has 0 spiro atoms. The van der Waals surface area contributed by atoms with Crippen LogP contribution in [0.1, 0.15) is 15.9 Å². The van der Waals surface area contributed by atoms with Gasteiger partial charge in [-0.3, -0.25) is 0 Å². The lowest BCUT2D eigenvalue weighted by molar-refractivity contribution is 0.0601. The van der Waals surface area contributed by atoms with Crippen LogP contribution in [-0.4, -0.2) is 20.2 Å². The summed E-state index contributed by atoms with van der Waals surface area (Å²) in [6, 6.07) is 11.0. The molecule has 0 aliphatic rings. The van der Waals surface area contributed by atoms with Crippen molar-refractivity contribution < 1.29 is 14.3 Å². The molecule has 0 heterocycles. The molecule has 0 fully saturated rings. The predicted molar refractivity (Wildman–Crippen MR) is 86.5 cm³/mol. The fraction of sp³-hybridized carbons (Fsp3) is 0.188. The Morgan fingerprint density at radius 2 is 1.76 bits per heavy atom. The first kappa shape index (κ1) is 15.4. The molecule has 110 valence electrons. The molecular weight excluding hydrogens is 334 g/mol. The third-order valence-corrected chi connectivity index (χ3v) is 4.14. The van der Waals surface area contributed by atoms with Gasteiger partial charge in [-0.1, -0.05) is 0 Å². The monoisotopic (exact) mass is 349 g/mol. The number of carbonyl (C=O) groups excluding carboxylic acids is 1. The van der Waals surface area contributed by atoms with Crippen molar-refractivity contribution in [3.63, 3.8) is 0 Å². The largest absolute Gasteiger partial charge is 0.496 e. The van der Waals surface area contributed by atoms with Crippen molar-refractivity contribution in [2.75, 3.05) is 19.5 Å². The van der Waals surface area contributed by atoms with Gasteiger partial charge in [0.25, 0.3) is 0 Å². The molecule has 0 unspecified atom stereocenters. The lowest BCUT2D eigenvalue weighted by Gasteiger charge is -2.13. The zero-order chi connectivity index (χ0) is 15.4. The summed E-state index contributed by atoms with van der Waals surface area (Å²) in [5.74, 6) is 0.448. The first-order chi connectivity index (χ1) is 10.1. The minimum Gasteiger partial charge on any atom is -0.496 e. The van der Waals surface area contributed by atoms with Crippen LogP contribution in [0, 0.1) is 6.92 Å². The molecule has 0 atom stereocenters. The van der Waals surface area contributed by atoms with Gasteiger partial charge < -0.3 is 14.8 Å². The second-order valence-electron chi connectivity index (χ2n) is 4.45. The number of hydrogen-bond donors (Lipinski definition) is 1. The Balaban J connectivity index is 2.22. The first-order valence-electron chi connectivity index (χ1n) is 6.35. The summed E-state index contributed by atoms with van der Waals surface area (Å²) >= 11 is 3.52. The van der Waals surface area contributed by atoms with Gasteiger partial charge in [0.2, 0.25) is 0 Å². The molecule has 1 N–H and O–H groups in total. The lowest BCUT2D eigenvalue weighted by Crippen LogP contribution is -2.01. The molecule has 0 aromatic heterocycles. The number of methoxy groups -OCH3 is 2. The molecule has 2 rings (SSSR count). The van der Waals surface area contributed by atoms with Gasteiger partial charge in [0.15, 0.2) is 0 Å². The highest BCUT2D eigenvalue weighted by atomic mass is 79.9. The predicted octanol–water partition coefficient (Wildman–Crippen LogP) is 4.30. The standard InChI is InChI=1S/C16H16BrNO3/c1-10-13(8-9-14(20-2)15(10)17)18-12-6-4-11(5-7-12)16(19)21-3/h4-9,18H,1-3H3. The fourth-order valence-electron chi connectivity index (χ4n) is 1.92. The van der Waals surface area contributed by atoms with Crippen molar-refractivity contribution in [2.45, 2.75) is 6.92 Å². The number of anilines is 2. The minimum atomic E-state index is -0.343. The van der Waals surface area contributed by atoms with Crippen LogP contribution < -0.4 is 10.1 Å². The average molecular weight is 350 g/mol. The van der Waals surface area contributed by atoms with Crippen molar-refractivity contribution in [3.05, 3.63) is 52.0 Å². The number of nitrogens with one attached hydrogen (secondary N) is 1. The van der Waals surface area contributed by atoms with Crippen molar-refractivity contribution in [1.82, 2.24) is 0 Å². The number of ether oxygens (including phenoxy) is 2. The Morgan fingerprint density at radius 3 is 2.33 bits per heavy atom. The average Bonchev–Trinajstić information content (AvgIpc) is 2.52. The Kier molecular flexibility index (Phi) is 4.85. The lowest BCUT2D eigenvalue weighted by atomic mass is 10.1. The van der Waals surface area contributed by atoms with E-state index in [0.29, 0.717) is 5.56 Å². The molecule has 0 saturated carbocycles. The molecule has 0 amide bonds. The number of hydrogen-bond acceptors (Lipinski definition) is 4. The van der Waals surface area contributed by atoms with Crippen LogP contribution in [0.25, 0.3) is 0 Å². The van der Waals surface area contributed by atoms with Gasteiger partial charge in [-0.05, 0) is 64.8 Å². The second kappa shape index (κ2) is 6.63. The molecule has 0 saturated heterocycles. The van der Waals surface area contributed by atoms with Crippen LogP contribution in [0.3, 0.4) is 0 Å². The maximum atomic E-state index is 11.4. The van der Waals surface area contributed by atoms with Gasteiger partial charge in [0.05, 0.1) is 24.3 Å². The second-order valence-corrected chi connectivity index (χ2v) is 5.24. The Labute approximate surface area is 132 Å². The van der Waals surface area contributed by atoms with E-state index in [1.807, 2.05) is 31.2 Å². The SMILES string of the molecule is COC(=O)c1ccc(Nc2ccc(OC)c(Br)c2C)cc1. The number of benzene rings is 2. The van der Waals surface area contributed by atoms with E-state index >= 15 is 0 Å². The molecule has 0 radical (unpaired) electrons. The molecule has 0 aliphatic carbocycles. The van der Waals surface area contributed by atoms with E-state index in [1.165, 1.54) is 7.11 Å². The molecular formula is C16H16BrNO3. The molecule has 5 heteroatoms. The van der Waals surface area contributed by atoms with Gasteiger partial charge in [0.1, 0.15) is 5.75 Å². The molecule has 0 aliphatic heterocycles. The quantitative estimate of drug-likeness (QED) is 0.836. The van der Waals surface area contributed by atoms with Crippen LogP contribution in [0.2, 0.25) is 0 Å². The molecule has 4 nitrogen and oxygen atoms in total. The Morgan fingerprint density at radius 1 is 1.10 bits per heavy atom. The van der Waals surface area contributed by atoms with Gasteiger partial charge >= 0.3 is 5.97 Å². The van der Waals surface area contributed by atoms with Crippen molar-refractivity contribution in [3.8, 4) is 5.75 Å². The third kappa shape index (κ3) is 3.36. The number of halogens is 1. The van der Waals surface area contributed by atoms with Crippen LogP contribution in [-0.2, 0) is 4.74 Å². The van der Waals surface area contributed by atoms with Crippen molar-refractivity contribution >= 4 is 33.3 Å². The van der Waals surface area contributed by atoms with Crippen molar-refractivity contribution in [2.24, 2.45) is 0 Å². The van der Waals surface area contributed by atoms with E-state index in [4.69, 9.17) is 4.74 Å². The summed E-state index contributed by atoms with van der Waals surface area (Å²) in [6.45, 7) is 2.00. The van der Waals surface area contributed by atoms with Crippen LogP contribution in [0.5, 0.6) is 5.75 Å². The van der Waals surface area contributed by atoms with Crippen LogP contribution in [0.15, 0.2) is 40.9 Å². The summed E-state index contributed by atoms with van der Waals surface area (Å²) < 4.78 is 10.9. The van der Waals surface area contributed by atoms with Gasteiger partial charge in [0, 0.05) is 11.4 Å². The summed E-state index contributed by atoms with van der Waals surface area (Å²) in [7, 11) is 3.00. The maximum absolute atomic E-state index is 11.4. The summed E-state index contributed by atoms with van der Waals surface area (Å²) in [4.78, 5) is 11.4. The summed E-state index contributed by atoms with van der Waals surface area (Å²) in [5.41, 5.74) is 3.43. The number of carbonyl (C=O) groups is 1. The highest BCUT2D eigenvalue weighted by molar-refractivity contribution is 9.10. The van der Waals surface area contributed by atoms with E-state index in [0.717, 1.165) is 27.2 Å². The normalized spacial score (nSPS) is 10.1. The van der Waals surface area contributed by atoms with E-state index in [1.54, 1.807) is 19.2 Å². The summed E-state index contributed by atoms with van der Waals surface area (Å²) in [5, 5.41) is 3.31. The topological polar surface area (TPSA) is 47.6 Å². The van der Waals surface area contributed by atoms with E-state index in [9.17, 15) is 4.79 Å². The molecule has 21 heavy (non-hydrogen) atoms. The fourth-order valence-corrected chi connectivity index (χ4v) is 2.42. The first-order valence-corrected chi connectivity index (χ1v) is 7.14. The highest BCUT2D eigenvalue weighted by Gasteiger charge is 2.09. The Bertz CT molecular complexity index is 653. The molecule has 2 aromatic carbocycles. The van der Waals surface area contributed by atoms with Gasteiger partial charge in [-0.15, -0.1) is 0 Å². The van der Waals surface area contributed by atoms with Crippen LogP contribution in [0.4, 0.5) is 11.4 Å². The van der Waals surface area contributed by atoms with Crippen molar-refractivity contribution in [1.29, 1.82) is 0 Å². The zero-order valence-corrected chi connectivity index (χ0v) is 13.7. The maximum Gasteiger partial charge on any atom is 0.337 e. The van der Waals surface area contributed by atoms with Crippen LogP contribution >= 0.6 is 15.9 Å². The van der Waals surface area contributed by atoms with E-state index < -0.39 is 0 Å². The smallest absolute Gasteiger partial charge is 0.337 e. The zero-order valence-electron chi connectivity index (χ0n) is 12.1. The number of rotatable bonds is 4. The van der Waals surface area contributed by atoms with E-state index in [2.05, 4.69) is 26.0 Å². The Hall–Kier alpha value is -2.01. The minimum absolute atomic E-state index is 0.343. The number of esters is 1. The highest BCUT2D eigenvalue weighted by Crippen LogP contribution is 2.34. The summed E-state index contributed by atoms with van der Waals surface area (Å²) in [6.07, 6.45) is 0. The third-order valence-electron chi connectivity index (χ3n) is 3.16. The van der Waals surface area contributed by atoms with Gasteiger partial charge in [-0.2, -0.15) is 0 Å². The molecule has 2 aromatic rings. The van der Waals surface area contributed by atoms with E-state index in [-0.39, 0.29) is 5.97 Å². The molecule has 0 bridgehead atoms. The van der Waals surface area contributed by atoms with Gasteiger partial charge in [-0.25, -0.2) is 4.79 Å².